The van der Waals surface area contributed by atoms with Crippen LogP contribution in [0.5, 0.6) is 11.5 Å². The Kier molecular flexibility index (Phi) is 4.84. The van der Waals surface area contributed by atoms with Crippen molar-refractivity contribution in [3.63, 3.8) is 0 Å². The third-order valence-corrected chi connectivity index (χ3v) is 3.66. The summed E-state index contributed by atoms with van der Waals surface area (Å²) in [6.45, 7) is 4.87. The second-order valence-electron chi connectivity index (χ2n) is 4.92. The molecule has 2 atom stereocenters. The average Bonchev–Trinajstić information content (AvgIpc) is 2.95. The zero-order valence-electron chi connectivity index (χ0n) is 12.1. The van der Waals surface area contributed by atoms with E-state index in [0.29, 0.717) is 6.54 Å². The van der Waals surface area contributed by atoms with E-state index in [1.807, 2.05) is 25.1 Å². The van der Waals surface area contributed by atoms with Gasteiger partial charge < -0.3 is 14.2 Å². The highest BCUT2D eigenvalue weighted by Crippen LogP contribution is 2.35. The molecular formula is C15H21NO4. The molecule has 0 radical (unpaired) electrons. The normalized spacial score (nSPS) is 15.8. The molecule has 2 rings (SSSR count). The van der Waals surface area contributed by atoms with Crippen LogP contribution in [0.1, 0.15) is 25.8 Å². The lowest BCUT2D eigenvalue weighted by molar-refractivity contribution is -0.144. The molecule has 0 aromatic heterocycles. The van der Waals surface area contributed by atoms with Gasteiger partial charge in [-0.3, -0.25) is 10.1 Å². The summed E-state index contributed by atoms with van der Waals surface area (Å²) >= 11 is 0. The van der Waals surface area contributed by atoms with Crippen LogP contribution in [-0.4, -0.2) is 25.9 Å². The number of nitrogens with one attached hydrogen (secondary N) is 1. The zero-order valence-corrected chi connectivity index (χ0v) is 12.1. The van der Waals surface area contributed by atoms with Crippen LogP contribution in [0.2, 0.25) is 0 Å². The molecule has 1 aromatic carbocycles. The number of para-hydroxylation sites is 1. The van der Waals surface area contributed by atoms with Gasteiger partial charge in [-0.25, -0.2) is 0 Å². The molecule has 0 saturated heterocycles. The van der Waals surface area contributed by atoms with Gasteiger partial charge in [0.15, 0.2) is 11.5 Å². The van der Waals surface area contributed by atoms with E-state index in [4.69, 9.17) is 14.2 Å². The summed E-state index contributed by atoms with van der Waals surface area (Å²) in [5.74, 6) is 1.48. The minimum atomic E-state index is -0.317. The first-order chi connectivity index (χ1) is 9.67. The van der Waals surface area contributed by atoms with Crippen molar-refractivity contribution in [2.45, 2.75) is 32.9 Å². The van der Waals surface area contributed by atoms with Crippen LogP contribution in [0.15, 0.2) is 18.2 Å². The first-order valence-electron chi connectivity index (χ1n) is 6.86. The summed E-state index contributed by atoms with van der Waals surface area (Å²) in [4.78, 5) is 11.8. The molecule has 20 heavy (non-hydrogen) atoms. The summed E-state index contributed by atoms with van der Waals surface area (Å²) in [6, 6.07) is 5.44. The van der Waals surface area contributed by atoms with E-state index >= 15 is 0 Å². The van der Waals surface area contributed by atoms with Crippen LogP contribution in [0.25, 0.3) is 0 Å². The van der Waals surface area contributed by atoms with Gasteiger partial charge in [0.25, 0.3) is 0 Å². The number of carbonyl (C=O) groups excluding carboxylic acids is 1. The predicted octanol–water partition coefficient (Wildman–Crippen LogP) is 2.09. The molecule has 1 N–H and O–H groups in total. The van der Waals surface area contributed by atoms with Crippen LogP contribution in [0, 0.1) is 5.92 Å². The molecule has 0 saturated carbocycles. The molecule has 0 aliphatic carbocycles. The molecule has 0 fully saturated rings. The van der Waals surface area contributed by atoms with Crippen molar-refractivity contribution < 1.29 is 19.0 Å². The monoisotopic (exact) mass is 279 g/mol. The van der Waals surface area contributed by atoms with Gasteiger partial charge in [0.05, 0.1) is 7.11 Å². The van der Waals surface area contributed by atoms with Crippen molar-refractivity contribution in [2.24, 2.45) is 5.92 Å². The lowest BCUT2D eigenvalue weighted by Crippen LogP contribution is -2.42. The molecule has 5 heteroatoms. The number of hydrogen-bond acceptors (Lipinski definition) is 5. The third kappa shape index (κ3) is 3.04. The molecule has 2 unspecified atom stereocenters. The van der Waals surface area contributed by atoms with Gasteiger partial charge in [-0.2, -0.15) is 0 Å². The Morgan fingerprint density at radius 1 is 1.45 bits per heavy atom. The van der Waals surface area contributed by atoms with Crippen molar-refractivity contribution in [3.8, 4) is 11.5 Å². The van der Waals surface area contributed by atoms with Gasteiger partial charge in [-0.05, 0) is 12.0 Å². The Morgan fingerprint density at radius 2 is 2.25 bits per heavy atom. The molecule has 0 spiro atoms. The van der Waals surface area contributed by atoms with Crippen molar-refractivity contribution in [3.05, 3.63) is 23.8 Å². The topological polar surface area (TPSA) is 56.8 Å². The zero-order chi connectivity index (χ0) is 14.5. The van der Waals surface area contributed by atoms with Gasteiger partial charge in [-0.15, -0.1) is 0 Å². The quantitative estimate of drug-likeness (QED) is 0.808. The fourth-order valence-corrected chi connectivity index (χ4v) is 2.23. The fraction of sp³-hybridized carbons (Fsp3) is 0.533. The van der Waals surface area contributed by atoms with Gasteiger partial charge >= 0.3 is 5.97 Å². The summed E-state index contributed by atoms with van der Waals surface area (Å²) < 4.78 is 15.7. The highest BCUT2D eigenvalue weighted by Gasteiger charge is 2.25. The number of rotatable bonds is 6. The lowest BCUT2D eigenvalue weighted by Gasteiger charge is -2.22. The van der Waals surface area contributed by atoms with E-state index in [1.54, 1.807) is 0 Å². The van der Waals surface area contributed by atoms with Gasteiger partial charge in [0.1, 0.15) is 6.04 Å². The van der Waals surface area contributed by atoms with Crippen LogP contribution < -0.4 is 14.8 Å². The SMILES string of the molecule is CCC(C)C(NCc1cccc2c1OCO2)C(=O)OC. The van der Waals surface area contributed by atoms with Crippen LogP contribution >= 0.6 is 0 Å². The van der Waals surface area contributed by atoms with Gasteiger partial charge in [0, 0.05) is 12.1 Å². The molecule has 1 aliphatic heterocycles. The van der Waals surface area contributed by atoms with E-state index in [1.165, 1.54) is 7.11 Å². The maximum absolute atomic E-state index is 11.8. The van der Waals surface area contributed by atoms with E-state index in [9.17, 15) is 4.79 Å². The van der Waals surface area contributed by atoms with Crippen molar-refractivity contribution in [1.29, 1.82) is 0 Å². The van der Waals surface area contributed by atoms with Crippen LogP contribution in [0.4, 0.5) is 0 Å². The summed E-state index contributed by atoms with van der Waals surface area (Å²) in [6.07, 6.45) is 0.902. The first kappa shape index (κ1) is 14.7. The maximum atomic E-state index is 11.8. The highest BCUT2D eigenvalue weighted by atomic mass is 16.7. The second-order valence-corrected chi connectivity index (χ2v) is 4.92. The highest BCUT2D eigenvalue weighted by molar-refractivity contribution is 5.76. The van der Waals surface area contributed by atoms with Crippen LogP contribution in [0.3, 0.4) is 0 Å². The van der Waals surface area contributed by atoms with E-state index < -0.39 is 0 Å². The fourth-order valence-electron chi connectivity index (χ4n) is 2.23. The predicted molar refractivity (Wildman–Crippen MR) is 74.7 cm³/mol. The Morgan fingerprint density at radius 3 is 2.95 bits per heavy atom. The lowest BCUT2D eigenvalue weighted by atomic mass is 9.99. The third-order valence-electron chi connectivity index (χ3n) is 3.66. The summed E-state index contributed by atoms with van der Waals surface area (Å²) in [7, 11) is 1.41. The summed E-state index contributed by atoms with van der Waals surface area (Å²) in [5, 5.41) is 3.26. The molecule has 0 amide bonds. The number of benzene rings is 1. The minimum Gasteiger partial charge on any atom is -0.468 e. The van der Waals surface area contributed by atoms with Crippen molar-refractivity contribution >= 4 is 5.97 Å². The van der Waals surface area contributed by atoms with Crippen molar-refractivity contribution in [1.82, 2.24) is 5.32 Å². The molecule has 0 bridgehead atoms. The van der Waals surface area contributed by atoms with Gasteiger partial charge in [0.2, 0.25) is 6.79 Å². The average molecular weight is 279 g/mol. The van der Waals surface area contributed by atoms with Crippen molar-refractivity contribution in [2.75, 3.05) is 13.9 Å². The maximum Gasteiger partial charge on any atom is 0.323 e. The minimum absolute atomic E-state index is 0.205. The molecular weight excluding hydrogens is 258 g/mol. The standard InChI is InChI=1S/C15H21NO4/c1-4-10(2)13(15(17)18-3)16-8-11-6-5-7-12-14(11)20-9-19-12/h5-7,10,13,16H,4,8-9H2,1-3H3. The smallest absolute Gasteiger partial charge is 0.323 e. The van der Waals surface area contributed by atoms with E-state index in [0.717, 1.165) is 23.5 Å². The number of carbonyl (C=O) groups is 1. The Hall–Kier alpha value is -1.75. The van der Waals surface area contributed by atoms with E-state index in [-0.39, 0.29) is 24.7 Å². The molecule has 1 aliphatic rings. The van der Waals surface area contributed by atoms with Gasteiger partial charge in [-0.1, -0.05) is 32.4 Å². The summed E-state index contributed by atoms with van der Waals surface area (Å²) in [5.41, 5.74) is 0.984. The number of ether oxygens (including phenoxy) is 3. The molecule has 1 aromatic rings. The number of methoxy groups -OCH3 is 1. The number of esters is 1. The number of hydrogen-bond donors (Lipinski definition) is 1. The van der Waals surface area contributed by atoms with E-state index in [2.05, 4.69) is 12.2 Å². The Labute approximate surface area is 119 Å². The largest absolute Gasteiger partial charge is 0.468 e. The van der Waals surface area contributed by atoms with Crippen LogP contribution in [-0.2, 0) is 16.1 Å². The molecule has 1 heterocycles. The Balaban J connectivity index is 2.06. The number of fused-ring (bicyclic) bond motifs is 1. The first-order valence-corrected chi connectivity index (χ1v) is 6.86. The second kappa shape index (κ2) is 6.61. The Bertz CT molecular complexity index is 475. The molecule has 110 valence electrons. The molecule has 5 nitrogen and oxygen atoms in total.